The van der Waals surface area contributed by atoms with Crippen molar-refractivity contribution in [1.29, 1.82) is 0 Å². The summed E-state index contributed by atoms with van der Waals surface area (Å²) in [5.41, 5.74) is 1.44. The van der Waals surface area contributed by atoms with E-state index < -0.39 is 0 Å². The number of unbranched alkanes of at least 4 members (excludes halogenated alkanes) is 30. The van der Waals surface area contributed by atoms with E-state index in [9.17, 15) is 0 Å². The van der Waals surface area contributed by atoms with Crippen LogP contribution in [0.25, 0.3) is 10.8 Å². The molecular formula is C46H81N. The molecule has 270 valence electrons. The van der Waals surface area contributed by atoms with Gasteiger partial charge in [0.25, 0.3) is 0 Å². The van der Waals surface area contributed by atoms with Gasteiger partial charge in [0.05, 0.1) is 0 Å². The van der Waals surface area contributed by atoms with Crippen molar-refractivity contribution in [1.82, 2.24) is 0 Å². The van der Waals surface area contributed by atoms with Crippen molar-refractivity contribution in [2.24, 2.45) is 0 Å². The number of anilines is 1. The molecule has 2 aromatic rings. The Morgan fingerprint density at radius 2 is 0.617 bits per heavy atom. The smallest absolute Gasteiger partial charge is 0.0372 e. The van der Waals surface area contributed by atoms with Gasteiger partial charge in [0.15, 0.2) is 0 Å². The van der Waals surface area contributed by atoms with Crippen LogP contribution in [0.1, 0.15) is 219 Å². The van der Waals surface area contributed by atoms with Crippen LogP contribution in [0.5, 0.6) is 0 Å². The number of fused-ring (bicyclic) bond motifs is 1. The molecule has 0 aliphatic carbocycles. The van der Waals surface area contributed by atoms with Gasteiger partial charge >= 0.3 is 0 Å². The molecule has 0 spiro atoms. The fourth-order valence-electron chi connectivity index (χ4n) is 7.44. The highest BCUT2D eigenvalue weighted by atomic mass is 15.1. The molecule has 0 aliphatic heterocycles. The fourth-order valence-corrected chi connectivity index (χ4v) is 7.44. The van der Waals surface area contributed by atoms with Crippen molar-refractivity contribution < 1.29 is 0 Å². The molecule has 0 atom stereocenters. The van der Waals surface area contributed by atoms with Gasteiger partial charge in [0.2, 0.25) is 0 Å². The highest BCUT2D eigenvalue weighted by Gasteiger charge is 2.08. The Morgan fingerprint density at radius 1 is 0.319 bits per heavy atom. The van der Waals surface area contributed by atoms with Crippen molar-refractivity contribution in [2.45, 2.75) is 219 Å². The van der Waals surface area contributed by atoms with E-state index in [2.05, 4.69) is 61.2 Å². The predicted molar refractivity (Wildman–Crippen MR) is 215 cm³/mol. The average molecular weight is 648 g/mol. The van der Waals surface area contributed by atoms with Crippen molar-refractivity contribution >= 4 is 16.5 Å². The minimum absolute atomic E-state index is 1.22. The molecule has 0 heterocycles. The van der Waals surface area contributed by atoms with Gasteiger partial charge in [-0.05, 0) is 35.7 Å². The van der Waals surface area contributed by atoms with Crippen LogP contribution in [-0.2, 0) is 0 Å². The first-order valence-electron chi connectivity index (χ1n) is 21.6. The van der Waals surface area contributed by atoms with Crippen LogP contribution in [0.4, 0.5) is 5.69 Å². The van der Waals surface area contributed by atoms with Crippen LogP contribution in [-0.4, -0.2) is 13.1 Å². The van der Waals surface area contributed by atoms with Crippen LogP contribution < -0.4 is 4.90 Å². The molecule has 47 heavy (non-hydrogen) atoms. The number of hydrogen-bond acceptors (Lipinski definition) is 1. The van der Waals surface area contributed by atoms with Gasteiger partial charge in [0, 0.05) is 18.8 Å². The Balaban J connectivity index is 1.52. The summed E-state index contributed by atoms with van der Waals surface area (Å²) in [6.07, 6.45) is 46.0. The summed E-state index contributed by atoms with van der Waals surface area (Å²) in [5.74, 6) is 0. The summed E-state index contributed by atoms with van der Waals surface area (Å²) in [5, 5.41) is 2.75. The van der Waals surface area contributed by atoms with Crippen LogP contribution >= 0.6 is 0 Å². The molecule has 0 aliphatic rings. The summed E-state index contributed by atoms with van der Waals surface area (Å²) in [7, 11) is 0. The molecule has 1 nitrogen and oxygen atoms in total. The molecule has 2 rings (SSSR count). The maximum Gasteiger partial charge on any atom is 0.0372 e. The predicted octanol–water partition coefficient (Wildman–Crippen LogP) is 16.2. The van der Waals surface area contributed by atoms with Crippen molar-refractivity contribution in [2.75, 3.05) is 18.0 Å². The largest absolute Gasteiger partial charge is 0.372 e. The van der Waals surface area contributed by atoms with Crippen LogP contribution in [0, 0.1) is 0 Å². The third-order valence-electron chi connectivity index (χ3n) is 10.7. The Labute approximate surface area is 295 Å². The van der Waals surface area contributed by atoms with Crippen LogP contribution in [0.2, 0.25) is 0 Å². The minimum atomic E-state index is 1.22. The Kier molecular flexibility index (Phi) is 28.1. The Hall–Kier alpha value is -1.50. The summed E-state index contributed by atoms with van der Waals surface area (Å²) < 4.78 is 0. The summed E-state index contributed by atoms with van der Waals surface area (Å²) in [4.78, 5) is 2.71. The molecule has 0 N–H and O–H groups in total. The Morgan fingerprint density at radius 3 is 0.957 bits per heavy atom. The highest BCUT2D eigenvalue weighted by Crippen LogP contribution is 2.24. The lowest BCUT2D eigenvalue weighted by Crippen LogP contribution is -2.25. The average Bonchev–Trinajstić information content (AvgIpc) is 3.10. The molecule has 0 unspecified atom stereocenters. The lowest BCUT2D eigenvalue weighted by molar-refractivity contribution is 0.524. The zero-order valence-corrected chi connectivity index (χ0v) is 32.0. The van der Waals surface area contributed by atoms with Crippen LogP contribution in [0.3, 0.4) is 0 Å². The van der Waals surface area contributed by atoms with Gasteiger partial charge in [0.1, 0.15) is 0 Å². The van der Waals surface area contributed by atoms with E-state index in [4.69, 9.17) is 0 Å². The molecule has 0 saturated carbocycles. The molecule has 0 saturated heterocycles. The molecule has 0 aromatic heterocycles. The monoisotopic (exact) mass is 648 g/mol. The summed E-state index contributed by atoms with van der Waals surface area (Å²) in [6.45, 7) is 7.05. The van der Waals surface area contributed by atoms with Gasteiger partial charge in [-0.1, -0.05) is 237 Å². The van der Waals surface area contributed by atoms with Gasteiger partial charge in [-0.3, -0.25) is 0 Å². The zero-order valence-electron chi connectivity index (χ0n) is 32.0. The van der Waals surface area contributed by atoms with E-state index in [1.54, 1.807) is 0 Å². The van der Waals surface area contributed by atoms with Crippen molar-refractivity contribution in [3.8, 4) is 0 Å². The zero-order chi connectivity index (χ0) is 33.3. The number of benzene rings is 2. The number of rotatable bonds is 35. The second kappa shape index (κ2) is 31.7. The number of hydrogen-bond donors (Lipinski definition) is 0. The van der Waals surface area contributed by atoms with E-state index in [-0.39, 0.29) is 0 Å². The lowest BCUT2D eigenvalue weighted by atomic mass is 10.0. The van der Waals surface area contributed by atoms with Crippen molar-refractivity contribution in [3.05, 3.63) is 42.5 Å². The van der Waals surface area contributed by atoms with E-state index in [1.807, 2.05) is 0 Å². The maximum absolute atomic E-state index is 2.71. The second-order valence-electron chi connectivity index (χ2n) is 15.1. The molecule has 0 radical (unpaired) electrons. The van der Waals surface area contributed by atoms with Crippen molar-refractivity contribution in [3.63, 3.8) is 0 Å². The fraction of sp³-hybridized carbons (Fsp3) is 0.783. The lowest BCUT2D eigenvalue weighted by Gasteiger charge is -2.25. The first-order chi connectivity index (χ1) is 23.3. The standard InChI is InChI=1S/C46H81N/c1-3-5-7-9-11-13-15-17-19-21-23-25-27-29-31-35-41-47(46-40-39-44-37-33-34-38-45(44)43-46)42-36-32-30-28-26-24-22-20-18-16-14-12-10-8-6-4-2/h33-34,37-40,43H,3-32,35-36,41-42H2,1-2H3. The SMILES string of the molecule is CCCCCCCCCCCCCCCCCCN(CCCCCCCCCCCCCCCCCC)c1ccc2ccccc2c1. The highest BCUT2D eigenvalue weighted by molar-refractivity contribution is 5.85. The Bertz CT molecular complexity index is 882. The normalized spacial score (nSPS) is 11.5. The molecule has 0 amide bonds. The molecule has 0 fully saturated rings. The van der Waals surface area contributed by atoms with E-state index in [0.717, 1.165) is 0 Å². The minimum Gasteiger partial charge on any atom is -0.372 e. The molecule has 2 aromatic carbocycles. The molecular weight excluding hydrogens is 567 g/mol. The van der Waals surface area contributed by atoms with E-state index in [1.165, 1.54) is 235 Å². The third kappa shape index (κ3) is 23.5. The topological polar surface area (TPSA) is 3.24 Å². The second-order valence-corrected chi connectivity index (χ2v) is 15.1. The van der Waals surface area contributed by atoms with Gasteiger partial charge in [-0.25, -0.2) is 0 Å². The van der Waals surface area contributed by atoms with Crippen LogP contribution in [0.15, 0.2) is 42.5 Å². The summed E-state index contributed by atoms with van der Waals surface area (Å²) >= 11 is 0. The molecule has 1 heteroatoms. The van der Waals surface area contributed by atoms with E-state index >= 15 is 0 Å². The quantitative estimate of drug-likeness (QED) is 0.0673. The first-order valence-corrected chi connectivity index (χ1v) is 21.6. The third-order valence-corrected chi connectivity index (χ3v) is 10.7. The van der Waals surface area contributed by atoms with Gasteiger partial charge in [-0.2, -0.15) is 0 Å². The summed E-state index contributed by atoms with van der Waals surface area (Å²) in [6, 6.07) is 16.0. The van der Waals surface area contributed by atoms with Gasteiger partial charge < -0.3 is 4.90 Å². The first kappa shape index (κ1) is 41.7. The number of nitrogens with zero attached hydrogens (tertiary/aromatic N) is 1. The van der Waals surface area contributed by atoms with Gasteiger partial charge in [-0.15, -0.1) is 0 Å². The van der Waals surface area contributed by atoms with E-state index in [0.29, 0.717) is 0 Å². The molecule has 0 bridgehead atoms. The maximum atomic E-state index is 2.71.